The number of rotatable bonds is 3. The fourth-order valence-corrected chi connectivity index (χ4v) is 2.46. The van der Waals surface area contributed by atoms with Crippen molar-refractivity contribution in [3.63, 3.8) is 0 Å². The highest BCUT2D eigenvalue weighted by Crippen LogP contribution is 2.27. The fourth-order valence-electron chi connectivity index (χ4n) is 2.46. The smallest absolute Gasteiger partial charge is 0.0751 e. The third-order valence-electron chi connectivity index (χ3n) is 3.45. The van der Waals surface area contributed by atoms with Gasteiger partial charge in [0.2, 0.25) is 0 Å². The minimum Gasteiger partial charge on any atom is -0.397 e. The van der Waals surface area contributed by atoms with E-state index in [0.29, 0.717) is 6.10 Å². The second kappa shape index (κ2) is 5.48. The summed E-state index contributed by atoms with van der Waals surface area (Å²) < 4.78 is 5.88. The van der Waals surface area contributed by atoms with Crippen LogP contribution in [-0.2, 0) is 4.74 Å². The van der Waals surface area contributed by atoms with Crippen LogP contribution in [0.2, 0.25) is 0 Å². The molecule has 1 aromatic carbocycles. The lowest BCUT2D eigenvalue weighted by molar-refractivity contribution is -0.0172. The van der Waals surface area contributed by atoms with Gasteiger partial charge in [0.1, 0.15) is 0 Å². The van der Waals surface area contributed by atoms with Gasteiger partial charge in [-0.25, -0.2) is 0 Å². The summed E-state index contributed by atoms with van der Waals surface area (Å²) in [4.78, 5) is 2.36. The molecule has 0 spiro atoms. The largest absolute Gasteiger partial charge is 0.397 e. The molecule has 4 heteroatoms. The first-order valence-electron chi connectivity index (χ1n) is 6.61. The molecule has 2 atom stereocenters. The van der Waals surface area contributed by atoms with Crippen LogP contribution in [0.5, 0.6) is 0 Å². The summed E-state index contributed by atoms with van der Waals surface area (Å²) in [5.41, 5.74) is 8.97. The van der Waals surface area contributed by atoms with Gasteiger partial charge in [0, 0.05) is 25.8 Å². The number of morpholine rings is 1. The van der Waals surface area contributed by atoms with Gasteiger partial charge in [-0.3, -0.25) is 0 Å². The molecule has 1 heterocycles. The van der Waals surface area contributed by atoms with Crippen LogP contribution in [-0.4, -0.2) is 32.3 Å². The Labute approximate surface area is 109 Å². The molecule has 0 radical (unpaired) electrons. The van der Waals surface area contributed by atoms with E-state index >= 15 is 0 Å². The van der Waals surface area contributed by atoms with Crippen molar-refractivity contribution in [2.45, 2.75) is 32.5 Å². The molecule has 1 fully saturated rings. The Morgan fingerprint density at radius 1 is 1.44 bits per heavy atom. The monoisotopic (exact) mass is 249 g/mol. The van der Waals surface area contributed by atoms with E-state index in [1.807, 2.05) is 19.2 Å². The minimum absolute atomic E-state index is 0.272. The van der Waals surface area contributed by atoms with E-state index in [-0.39, 0.29) is 6.10 Å². The Morgan fingerprint density at radius 2 is 2.22 bits per heavy atom. The van der Waals surface area contributed by atoms with Gasteiger partial charge in [-0.05, 0) is 31.5 Å². The highest BCUT2D eigenvalue weighted by Gasteiger charge is 2.24. The fraction of sp³-hybridized carbons (Fsp3) is 0.571. The topological polar surface area (TPSA) is 50.5 Å². The van der Waals surface area contributed by atoms with E-state index in [2.05, 4.69) is 30.1 Å². The van der Waals surface area contributed by atoms with E-state index in [1.165, 1.54) is 5.69 Å². The van der Waals surface area contributed by atoms with Crippen LogP contribution in [0.4, 0.5) is 17.1 Å². The van der Waals surface area contributed by atoms with E-state index in [9.17, 15) is 0 Å². The number of benzene rings is 1. The molecule has 0 bridgehead atoms. The third kappa shape index (κ3) is 2.70. The molecule has 0 unspecified atom stereocenters. The van der Waals surface area contributed by atoms with Gasteiger partial charge in [0.25, 0.3) is 0 Å². The maximum absolute atomic E-state index is 6.02. The van der Waals surface area contributed by atoms with Crippen molar-refractivity contribution in [3.8, 4) is 0 Å². The van der Waals surface area contributed by atoms with Gasteiger partial charge in [-0.1, -0.05) is 6.92 Å². The number of nitrogens with two attached hydrogens (primary N) is 1. The molecule has 2 rings (SSSR count). The highest BCUT2D eigenvalue weighted by molar-refractivity contribution is 5.71. The van der Waals surface area contributed by atoms with E-state index in [1.54, 1.807) is 0 Å². The molecule has 3 N–H and O–H groups in total. The molecule has 1 saturated heterocycles. The molecule has 0 amide bonds. The van der Waals surface area contributed by atoms with Gasteiger partial charge in [-0.2, -0.15) is 0 Å². The van der Waals surface area contributed by atoms with Crippen molar-refractivity contribution >= 4 is 17.1 Å². The summed E-state index contributed by atoms with van der Waals surface area (Å²) >= 11 is 0. The molecule has 1 aliphatic heterocycles. The molecule has 1 aromatic rings. The van der Waals surface area contributed by atoms with Gasteiger partial charge >= 0.3 is 0 Å². The summed E-state index contributed by atoms with van der Waals surface area (Å²) in [6.07, 6.45) is 1.64. The second-order valence-corrected chi connectivity index (χ2v) is 4.90. The Bertz CT molecular complexity index is 408. The van der Waals surface area contributed by atoms with Crippen molar-refractivity contribution in [3.05, 3.63) is 18.2 Å². The molecule has 1 aliphatic rings. The Kier molecular flexibility index (Phi) is 3.97. The van der Waals surface area contributed by atoms with Crippen molar-refractivity contribution in [2.75, 3.05) is 36.1 Å². The van der Waals surface area contributed by atoms with Crippen molar-refractivity contribution < 1.29 is 4.74 Å². The van der Waals surface area contributed by atoms with Crippen LogP contribution >= 0.6 is 0 Å². The Balaban J connectivity index is 2.17. The number of hydrogen-bond acceptors (Lipinski definition) is 4. The number of ether oxygens (including phenoxy) is 1. The molecule has 0 saturated carbocycles. The first kappa shape index (κ1) is 13.0. The number of nitrogen functional groups attached to an aromatic ring is 1. The number of anilines is 3. The average Bonchev–Trinajstić information content (AvgIpc) is 2.37. The van der Waals surface area contributed by atoms with Crippen molar-refractivity contribution in [1.82, 2.24) is 0 Å². The molecule has 0 aromatic heterocycles. The average molecular weight is 249 g/mol. The van der Waals surface area contributed by atoms with Crippen LogP contribution in [0.1, 0.15) is 20.3 Å². The van der Waals surface area contributed by atoms with Gasteiger partial charge < -0.3 is 20.7 Å². The number of nitrogens with zero attached hydrogens (tertiary/aromatic N) is 1. The molecular weight excluding hydrogens is 226 g/mol. The highest BCUT2D eigenvalue weighted by atomic mass is 16.5. The molecule has 100 valence electrons. The standard InChI is InChI=1S/C14H23N3O/c1-4-12-9-17(8-10(2)18-12)11-5-6-14(16-3)13(15)7-11/h5-7,10,12,16H,4,8-9,15H2,1-3H3/t10-,12+/m0/s1. The first-order valence-corrected chi connectivity index (χ1v) is 6.61. The lowest BCUT2D eigenvalue weighted by Gasteiger charge is -2.38. The Hall–Kier alpha value is -1.42. The zero-order valence-corrected chi connectivity index (χ0v) is 11.4. The molecule has 0 aliphatic carbocycles. The first-order chi connectivity index (χ1) is 8.63. The van der Waals surface area contributed by atoms with E-state index < -0.39 is 0 Å². The van der Waals surface area contributed by atoms with Gasteiger partial charge in [-0.15, -0.1) is 0 Å². The van der Waals surface area contributed by atoms with Gasteiger partial charge in [0.15, 0.2) is 0 Å². The van der Waals surface area contributed by atoms with Crippen LogP contribution < -0.4 is 16.0 Å². The quantitative estimate of drug-likeness (QED) is 0.807. The summed E-state index contributed by atoms with van der Waals surface area (Å²) in [7, 11) is 1.88. The second-order valence-electron chi connectivity index (χ2n) is 4.90. The summed E-state index contributed by atoms with van der Waals surface area (Å²) in [6, 6.07) is 6.19. The minimum atomic E-state index is 0.272. The van der Waals surface area contributed by atoms with Crippen LogP contribution in [0.25, 0.3) is 0 Å². The predicted octanol–water partition coefficient (Wildman–Crippen LogP) is 2.31. The van der Waals surface area contributed by atoms with Crippen molar-refractivity contribution in [1.29, 1.82) is 0 Å². The zero-order chi connectivity index (χ0) is 13.1. The normalized spacial score (nSPS) is 24.1. The van der Waals surface area contributed by atoms with E-state index in [4.69, 9.17) is 10.5 Å². The number of hydrogen-bond donors (Lipinski definition) is 2. The van der Waals surface area contributed by atoms with E-state index in [0.717, 1.165) is 30.9 Å². The van der Waals surface area contributed by atoms with Gasteiger partial charge in [0.05, 0.1) is 23.6 Å². The predicted molar refractivity (Wildman–Crippen MR) is 77.2 cm³/mol. The molecular formula is C14H23N3O. The molecule has 4 nitrogen and oxygen atoms in total. The lowest BCUT2D eigenvalue weighted by Crippen LogP contribution is -2.46. The lowest BCUT2D eigenvalue weighted by atomic mass is 10.1. The van der Waals surface area contributed by atoms with Crippen LogP contribution in [0.15, 0.2) is 18.2 Å². The maximum atomic E-state index is 6.02. The third-order valence-corrected chi connectivity index (χ3v) is 3.45. The number of nitrogens with one attached hydrogen (secondary N) is 1. The summed E-state index contributed by atoms with van der Waals surface area (Å²) in [5, 5.41) is 3.09. The Morgan fingerprint density at radius 3 is 2.83 bits per heavy atom. The van der Waals surface area contributed by atoms with Crippen LogP contribution in [0.3, 0.4) is 0 Å². The van der Waals surface area contributed by atoms with Crippen LogP contribution in [0, 0.1) is 0 Å². The maximum Gasteiger partial charge on any atom is 0.0751 e. The summed E-state index contributed by atoms with van der Waals surface area (Å²) in [6.45, 7) is 6.16. The molecule has 18 heavy (non-hydrogen) atoms. The summed E-state index contributed by atoms with van der Waals surface area (Å²) in [5.74, 6) is 0. The SMILES string of the molecule is CC[C@@H]1CN(c2ccc(NC)c(N)c2)C[C@H](C)O1. The van der Waals surface area contributed by atoms with Crippen molar-refractivity contribution in [2.24, 2.45) is 0 Å². The zero-order valence-electron chi connectivity index (χ0n) is 11.4.